The van der Waals surface area contributed by atoms with Crippen molar-refractivity contribution in [2.45, 2.75) is 13.3 Å². The summed E-state index contributed by atoms with van der Waals surface area (Å²) in [5.41, 5.74) is 1.67. The van der Waals surface area contributed by atoms with E-state index in [1.165, 1.54) is 0 Å². The van der Waals surface area contributed by atoms with Crippen LogP contribution in [-0.2, 0) is 0 Å². The predicted molar refractivity (Wildman–Crippen MR) is 68.6 cm³/mol. The van der Waals surface area contributed by atoms with Crippen LogP contribution in [0.1, 0.15) is 23.7 Å². The Morgan fingerprint density at radius 2 is 2.31 bits per heavy atom. The van der Waals surface area contributed by atoms with Crippen molar-refractivity contribution in [1.29, 1.82) is 0 Å². The number of rotatable bonds is 3. The molecule has 2 rings (SSSR count). The second kappa shape index (κ2) is 4.70. The maximum absolute atomic E-state index is 11.8. The van der Waals surface area contributed by atoms with Crippen molar-refractivity contribution < 1.29 is 4.79 Å². The summed E-state index contributed by atoms with van der Waals surface area (Å²) in [6, 6.07) is 5.84. The molecule has 1 heterocycles. The second-order valence-electron chi connectivity index (χ2n) is 3.65. The molecule has 84 valence electrons. The van der Waals surface area contributed by atoms with Gasteiger partial charge in [0.1, 0.15) is 0 Å². The van der Waals surface area contributed by atoms with Crippen LogP contribution in [0.15, 0.2) is 28.9 Å². The highest BCUT2D eigenvalue weighted by molar-refractivity contribution is 9.10. The van der Waals surface area contributed by atoms with E-state index in [0.717, 1.165) is 21.8 Å². The Morgan fingerprint density at radius 3 is 3.06 bits per heavy atom. The molecule has 3 nitrogen and oxygen atoms in total. The fourth-order valence-electron chi connectivity index (χ4n) is 1.62. The molecule has 0 atom stereocenters. The van der Waals surface area contributed by atoms with Gasteiger partial charge in [0.2, 0.25) is 0 Å². The second-order valence-corrected chi connectivity index (χ2v) is 4.56. The van der Waals surface area contributed by atoms with Crippen molar-refractivity contribution in [3.05, 3.63) is 34.4 Å². The number of carbonyl (C=O) groups is 1. The Morgan fingerprint density at radius 1 is 1.50 bits per heavy atom. The molecule has 2 N–H and O–H groups in total. The van der Waals surface area contributed by atoms with Crippen molar-refractivity contribution in [1.82, 2.24) is 10.3 Å². The third-order valence-corrected chi connectivity index (χ3v) is 2.92. The number of hydrogen-bond donors (Lipinski definition) is 2. The first-order valence-corrected chi connectivity index (χ1v) is 6.06. The largest absolute Gasteiger partial charge is 0.360 e. The zero-order valence-corrected chi connectivity index (χ0v) is 10.6. The topological polar surface area (TPSA) is 44.9 Å². The number of nitrogens with one attached hydrogen (secondary N) is 2. The van der Waals surface area contributed by atoms with E-state index in [9.17, 15) is 4.79 Å². The average Bonchev–Trinajstić information content (AvgIpc) is 2.68. The molecule has 0 unspecified atom stereocenters. The first-order chi connectivity index (χ1) is 7.72. The Hall–Kier alpha value is -1.29. The van der Waals surface area contributed by atoms with Crippen molar-refractivity contribution >= 4 is 32.7 Å². The summed E-state index contributed by atoms with van der Waals surface area (Å²) in [4.78, 5) is 14.9. The van der Waals surface area contributed by atoms with Crippen LogP contribution in [0.4, 0.5) is 0 Å². The van der Waals surface area contributed by atoms with Gasteiger partial charge in [0, 0.05) is 28.1 Å². The lowest BCUT2D eigenvalue weighted by atomic mass is 10.1. The SMILES string of the molecule is CCCNC(=O)c1c[nH]c2cc(Br)ccc12. The number of fused-ring (bicyclic) bond motifs is 1. The van der Waals surface area contributed by atoms with Gasteiger partial charge >= 0.3 is 0 Å². The molecule has 0 aliphatic heterocycles. The number of aromatic nitrogens is 1. The van der Waals surface area contributed by atoms with Gasteiger partial charge in [-0.1, -0.05) is 28.9 Å². The summed E-state index contributed by atoms with van der Waals surface area (Å²) in [5, 5.41) is 3.83. The van der Waals surface area contributed by atoms with Crippen LogP contribution in [0.5, 0.6) is 0 Å². The van der Waals surface area contributed by atoms with Crippen LogP contribution in [0.25, 0.3) is 10.9 Å². The van der Waals surface area contributed by atoms with Gasteiger partial charge in [-0.3, -0.25) is 4.79 Å². The smallest absolute Gasteiger partial charge is 0.253 e. The average molecular weight is 281 g/mol. The molecular weight excluding hydrogens is 268 g/mol. The molecule has 16 heavy (non-hydrogen) atoms. The van der Waals surface area contributed by atoms with Crippen LogP contribution in [0, 0.1) is 0 Å². The summed E-state index contributed by atoms with van der Waals surface area (Å²) in [5.74, 6) is -0.0181. The van der Waals surface area contributed by atoms with E-state index in [0.29, 0.717) is 12.1 Å². The minimum atomic E-state index is -0.0181. The highest BCUT2D eigenvalue weighted by Crippen LogP contribution is 2.22. The molecule has 0 bridgehead atoms. The fourth-order valence-corrected chi connectivity index (χ4v) is 1.98. The molecule has 1 aromatic carbocycles. The van der Waals surface area contributed by atoms with E-state index in [4.69, 9.17) is 0 Å². The molecule has 0 aliphatic rings. The van der Waals surface area contributed by atoms with E-state index in [1.54, 1.807) is 6.20 Å². The highest BCUT2D eigenvalue weighted by Gasteiger charge is 2.10. The first-order valence-electron chi connectivity index (χ1n) is 5.27. The van der Waals surface area contributed by atoms with E-state index >= 15 is 0 Å². The zero-order valence-electron chi connectivity index (χ0n) is 9.01. The Bertz CT molecular complexity index is 519. The number of amides is 1. The molecule has 0 saturated heterocycles. The lowest BCUT2D eigenvalue weighted by Gasteiger charge is -2.01. The van der Waals surface area contributed by atoms with Gasteiger partial charge in [0.05, 0.1) is 5.56 Å². The van der Waals surface area contributed by atoms with Crippen molar-refractivity contribution in [3.63, 3.8) is 0 Å². The third-order valence-electron chi connectivity index (χ3n) is 2.42. The van der Waals surface area contributed by atoms with Crippen LogP contribution in [0.2, 0.25) is 0 Å². The Balaban J connectivity index is 2.34. The molecule has 0 spiro atoms. The van der Waals surface area contributed by atoms with Gasteiger partial charge in [0.25, 0.3) is 5.91 Å². The van der Waals surface area contributed by atoms with Gasteiger partial charge in [-0.05, 0) is 18.6 Å². The van der Waals surface area contributed by atoms with Gasteiger partial charge in [-0.15, -0.1) is 0 Å². The maximum atomic E-state index is 11.8. The van der Waals surface area contributed by atoms with Gasteiger partial charge in [-0.2, -0.15) is 0 Å². The van der Waals surface area contributed by atoms with Gasteiger partial charge in [-0.25, -0.2) is 0 Å². The van der Waals surface area contributed by atoms with Crippen LogP contribution >= 0.6 is 15.9 Å². The molecule has 2 aromatic rings. The molecule has 1 amide bonds. The molecule has 0 radical (unpaired) electrons. The summed E-state index contributed by atoms with van der Waals surface area (Å²) < 4.78 is 1.00. The highest BCUT2D eigenvalue weighted by atomic mass is 79.9. The van der Waals surface area contributed by atoms with Crippen molar-refractivity contribution in [2.75, 3.05) is 6.54 Å². The van der Waals surface area contributed by atoms with E-state index in [2.05, 4.69) is 26.2 Å². The Kier molecular flexibility index (Phi) is 3.29. The normalized spacial score (nSPS) is 10.6. The van der Waals surface area contributed by atoms with Crippen LogP contribution in [0.3, 0.4) is 0 Å². The summed E-state index contributed by atoms with van der Waals surface area (Å²) in [6.07, 6.45) is 2.70. The molecule has 0 fully saturated rings. The van der Waals surface area contributed by atoms with Crippen LogP contribution in [-0.4, -0.2) is 17.4 Å². The van der Waals surface area contributed by atoms with E-state index in [1.807, 2.05) is 25.1 Å². The molecule has 0 aliphatic carbocycles. The molecule has 1 aromatic heterocycles. The lowest BCUT2D eigenvalue weighted by Crippen LogP contribution is -2.23. The van der Waals surface area contributed by atoms with Gasteiger partial charge < -0.3 is 10.3 Å². The number of carbonyl (C=O) groups excluding carboxylic acids is 1. The minimum Gasteiger partial charge on any atom is -0.360 e. The monoisotopic (exact) mass is 280 g/mol. The van der Waals surface area contributed by atoms with Crippen molar-refractivity contribution in [2.24, 2.45) is 0 Å². The van der Waals surface area contributed by atoms with Crippen molar-refractivity contribution in [3.8, 4) is 0 Å². The quantitative estimate of drug-likeness (QED) is 0.892. The number of H-pyrrole nitrogens is 1. The maximum Gasteiger partial charge on any atom is 0.253 e. The van der Waals surface area contributed by atoms with E-state index < -0.39 is 0 Å². The fraction of sp³-hybridized carbons (Fsp3) is 0.250. The minimum absolute atomic E-state index is 0.0181. The summed E-state index contributed by atoms with van der Waals surface area (Å²) in [7, 11) is 0. The number of benzene rings is 1. The third kappa shape index (κ3) is 2.11. The molecule has 0 saturated carbocycles. The Labute approximate surface area is 102 Å². The summed E-state index contributed by atoms with van der Waals surface area (Å²) >= 11 is 3.40. The first kappa shape index (κ1) is 11.2. The van der Waals surface area contributed by atoms with Gasteiger partial charge in [0.15, 0.2) is 0 Å². The summed E-state index contributed by atoms with van der Waals surface area (Å²) in [6.45, 7) is 2.74. The number of hydrogen-bond acceptors (Lipinski definition) is 1. The molecule has 4 heteroatoms. The number of aromatic amines is 1. The zero-order chi connectivity index (χ0) is 11.5. The molecular formula is C12H13BrN2O. The van der Waals surface area contributed by atoms with E-state index in [-0.39, 0.29) is 5.91 Å². The van der Waals surface area contributed by atoms with Crippen LogP contribution < -0.4 is 5.32 Å². The number of halogens is 1. The predicted octanol–water partition coefficient (Wildman–Crippen LogP) is 3.07. The standard InChI is InChI=1S/C12H13BrN2O/c1-2-5-14-12(16)10-7-15-11-6-8(13)3-4-9(10)11/h3-4,6-7,15H,2,5H2,1H3,(H,14,16). The lowest BCUT2D eigenvalue weighted by molar-refractivity contribution is 0.0955.